The Kier molecular flexibility index (Phi) is 4.33. The molecule has 3 heterocycles. The summed E-state index contributed by atoms with van der Waals surface area (Å²) in [6.07, 6.45) is 3.50. The molecule has 0 saturated heterocycles. The molecule has 3 aromatic carbocycles. The van der Waals surface area contributed by atoms with E-state index in [-0.39, 0.29) is 5.91 Å². The molecule has 0 aliphatic carbocycles. The minimum Gasteiger partial charge on any atom is -0.497 e. The van der Waals surface area contributed by atoms with E-state index in [2.05, 4.69) is 15.3 Å². The molecule has 0 saturated carbocycles. The van der Waals surface area contributed by atoms with E-state index in [1.54, 1.807) is 55.9 Å². The second-order valence-electron chi connectivity index (χ2n) is 7.61. The Morgan fingerprint density at radius 1 is 0.758 bits per heavy atom. The van der Waals surface area contributed by atoms with Gasteiger partial charge in [-0.2, -0.15) is 0 Å². The van der Waals surface area contributed by atoms with Crippen LogP contribution in [0.3, 0.4) is 0 Å². The first-order valence-electron chi connectivity index (χ1n) is 10.4. The molecule has 33 heavy (non-hydrogen) atoms. The van der Waals surface area contributed by atoms with Crippen molar-refractivity contribution in [2.75, 3.05) is 12.4 Å². The van der Waals surface area contributed by atoms with Crippen LogP contribution in [0.1, 0.15) is 10.4 Å². The van der Waals surface area contributed by atoms with Crippen LogP contribution < -0.4 is 10.1 Å². The van der Waals surface area contributed by atoms with Gasteiger partial charge in [-0.3, -0.25) is 14.8 Å². The van der Waals surface area contributed by atoms with Crippen LogP contribution in [0, 0.1) is 0 Å². The molecule has 0 fully saturated rings. The number of nitrogens with one attached hydrogen (secondary N) is 1. The lowest BCUT2D eigenvalue weighted by molar-refractivity contribution is 0.102. The summed E-state index contributed by atoms with van der Waals surface area (Å²) in [4.78, 5) is 31.7. The normalized spacial score (nSPS) is 11.3. The quantitative estimate of drug-likeness (QED) is 0.308. The fraction of sp³-hybridized carbons (Fsp3) is 0.0385. The number of pyridine rings is 2. The van der Waals surface area contributed by atoms with E-state index in [1.165, 1.54) is 0 Å². The summed E-state index contributed by atoms with van der Waals surface area (Å²) < 4.78 is 5.16. The predicted molar refractivity (Wildman–Crippen MR) is 129 cm³/mol. The van der Waals surface area contributed by atoms with E-state index in [1.807, 2.05) is 30.3 Å². The molecule has 0 radical (unpaired) electrons. The van der Waals surface area contributed by atoms with Gasteiger partial charge in [-0.1, -0.05) is 12.1 Å². The smallest absolute Gasteiger partial charge is 0.255 e. The average molecular weight is 431 g/mol. The molecule has 1 N–H and O–H groups in total. The van der Waals surface area contributed by atoms with Crippen LogP contribution >= 0.6 is 0 Å². The first-order chi connectivity index (χ1) is 16.2. The van der Waals surface area contributed by atoms with Gasteiger partial charge >= 0.3 is 0 Å². The first kappa shape index (κ1) is 19.1. The molecule has 7 heteroatoms. The van der Waals surface area contributed by atoms with Crippen LogP contribution in [0.15, 0.2) is 79.1 Å². The highest BCUT2D eigenvalue weighted by Crippen LogP contribution is 2.31. The summed E-state index contributed by atoms with van der Waals surface area (Å²) in [5.74, 6) is 0.496. The summed E-state index contributed by atoms with van der Waals surface area (Å²) in [5, 5.41) is 4.85. The fourth-order valence-corrected chi connectivity index (χ4v) is 4.03. The molecule has 0 aliphatic heterocycles. The summed E-state index contributed by atoms with van der Waals surface area (Å²) in [6, 6.07) is 20.3. The van der Waals surface area contributed by atoms with Crippen molar-refractivity contribution < 1.29 is 9.53 Å². The molecule has 0 unspecified atom stereocenters. The zero-order valence-electron chi connectivity index (χ0n) is 17.6. The number of carbonyl (C=O) groups is 1. The molecule has 6 rings (SSSR count). The van der Waals surface area contributed by atoms with E-state index < -0.39 is 0 Å². The second kappa shape index (κ2) is 7.49. The maximum atomic E-state index is 12.9. The third kappa shape index (κ3) is 3.18. The zero-order chi connectivity index (χ0) is 22.4. The number of carbonyl (C=O) groups excluding carboxylic acids is 1. The molecule has 0 bridgehead atoms. The SMILES string of the molecule is COc1ccc(NC(=O)c2ccc3nc4c5ncccc5c5cccnc5c4nc3c2)cc1. The van der Waals surface area contributed by atoms with E-state index in [0.717, 1.165) is 27.6 Å². The minimum absolute atomic E-state index is 0.230. The number of amides is 1. The number of ether oxygens (including phenoxy) is 1. The molecule has 0 spiro atoms. The highest BCUT2D eigenvalue weighted by molar-refractivity contribution is 6.21. The number of hydrogen-bond donors (Lipinski definition) is 1. The number of rotatable bonds is 3. The van der Waals surface area contributed by atoms with Gasteiger partial charge in [0.2, 0.25) is 0 Å². The van der Waals surface area contributed by atoms with Gasteiger partial charge in [0.05, 0.1) is 29.2 Å². The van der Waals surface area contributed by atoms with Gasteiger partial charge in [0.15, 0.2) is 0 Å². The fourth-order valence-electron chi connectivity index (χ4n) is 4.03. The van der Waals surface area contributed by atoms with Gasteiger partial charge < -0.3 is 10.1 Å². The van der Waals surface area contributed by atoms with Crippen LogP contribution in [0.2, 0.25) is 0 Å². The first-order valence-corrected chi connectivity index (χ1v) is 10.4. The molecule has 3 aromatic heterocycles. The molecular formula is C26H17N5O2. The van der Waals surface area contributed by atoms with Crippen molar-refractivity contribution in [1.29, 1.82) is 0 Å². The van der Waals surface area contributed by atoms with Gasteiger partial charge in [-0.25, -0.2) is 9.97 Å². The highest BCUT2D eigenvalue weighted by atomic mass is 16.5. The molecule has 158 valence electrons. The Morgan fingerprint density at radius 3 is 2.03 bits per heavy atom. The Balaban J connectivity index is 1.49. The predicted octanol–water partition coefficient (Wildman–Crippen LogP) is 5.14. The van der Waals surface area contributed by atoms with Gasteiger partial charge in [0.1, 0.15) is 16.8 Å². The molecule has 6 aromatic rings. The van der Waals surface area contributed by atoms with E-state index in [9.17, 15) is 4.79 Å². The number of hydrogen-bond acceptors (Lipinski definition) is 6. The van der Waals surface area contributed by atoms with Gasteiger partial charge in [-0.05, 0) is 54.6 Å². The third-order valence-electron chi connectivity index (χ3n) is 5.63. The van der Waals surface area contributed by atoms with Crippen molar-refractivity contribution in [3.63, 3.8) is 0 Å². The standard InChI is InChI=1S/C26H17N5O2/c1-33-17-9-7-16(8-10-17)29-26(32)15-6-11-20-21(14-15)31-25-23-19(5-3-13-28-23)18-4-2-12-27-22(18)24(25)30-20/h2-14H,1H3,(H,29,32). The second-order valence-corrected chi connectivity index (χ2v) is 7.61. The average Bonchev–Trinajstić information content (AvgIpc) is 2.88. The number of benzene rings is 3. The molecule has 0 aliphatic rings. The zero-order valence-corrected chi connectivity index (χ0v) is 17.6. The van der Waals surface area contributed by atoms with Crippen LogP contribution in [0.25, 0.3) is 43.9 Å². The molecular weight excluding hydrogens is 414 g/mol. The maximum absolute atomic E-state index is 12.9. The maximum Gasteiger partial charge on any atom is 0.255 e. The highest BCUT2D eigenvalue weighted by Gasteiger charge is 2.15. The lowest BCUT2D eigenvalue weighted by Crippen LogP contribution is -2.11. The van der Waals surface area contributed by atoms with Crippen molar-refractivity contribution in [2.45, 2.75) is 0 Å². The van der Waals surface area contributed by atoms with Crippen molar-refractivity contribution >= 4 is 55.5 Å². The van der Waals surface area contributed by atoms with Crippen LogP contribution in [-0.2, 0) is 0 Å². The van der Waals surface area contributed by atoms with Gasteiger partial charge in [-0.15, -0.1) is 0 Å². The molecule has 1 amide bonds. The van der Waals surface area contributed by atoms with Crippen molar-refractivity contribution in [3.05, 3.63) is 84.7 Å². The van der Waals surface area contributed by atoms with Crippen LogP contribution in [0.4, 0.5) is 5.69 Å². The third-order valence-corrected chi connectivity index (χ3v) is 5.63. The van der Waals surface area contributed by atoms with E-state index >= 15 is 0 Å². The lowest BCUT2D eigenvalue weighted by atomic mass is 10.1. The number of anilines is 1. The van der Waals surface area contributed by atoms with Gasteiger partial charge in [0.25, 0.3) is 5.91 Å². The summed E-state index contributed by atoms with van der Waals surface area (Å²) in [5.41, 5.74) is 5.37. The monoisotopic (exact) mass is 431 g/mol. The molecule has 7 nitrogen and oxygen atoms in total. The number of fused-ring (bicyclic) bond motifs is 7. The topological polar surface area (TPSA) is 89.9 Å². The minimum atomic E-state index is -0.230. The Labute approximate surface area is 188 Å². The summed E-state index contributed by atoms with van der Waals surface area (Å²) >= 11 is 0. The Morgan fingerprint density at radius 2 is 1.39 bits per heavy atom. The largest absolute Gasteiger partial charge is 0.497 e. The van der Waals surface area contributed by atoms with Crippen LogP contribution in [0.5, 0.6) is 5.75 Å². The Bertz CT molecular complexity index is 1700. The number of methoxy groups -OCH3 is 1. The molecule has 0 atom stereocenters. The number of aromatic nitrogens is 4. The summed E-state index contributed by atoms with van der Waals surface area (Å²) in [7, 11) is 1.60. The van der Waals surface area contributed by atoms with Crippen LogP contribution in [-0.4, -0.2) is 33.0 Å². The van der Waals surface area contributed by atoms with E-state index in [4.69, 9.17) is 14.7 Å². The van der Waals surface area contributed by atoms with E-state index in [0.29, 0.717) is 33.3 Å². The lowest BCUT2D eigenvalue weighted by Gasteiger charge is -2.10. The van der Waals surface area contributed by atoms with Gasteiger partial charge in [0, 0.05) is 34.4 Å². The van der Waals surface area contributed by atoms with Crippen molar-refractivity contribution in [1.82, 2.24) is 19.9 Å². The number of nitrogens with zero attached hydrogens (tertiary/aromatic N) is 4. The van der Waals surface area contributed by atoms with Crippen molar-refractivity contribution in [2.24, 2.45) is 0 Å². The summed E-state index contributed by atoms with van der Waals surface area (Å²) in [6.45, 7) is 0. The van der Waals surface area contributed by atoms with Crippen molar-refractivity contribution in [3.8, 4) is 5.75 Å². The Hall–Kier alpha value is -4.65.